The van der Waals surface area contributed by atoms with Crippen LogP contribution in [0.4, 0.5) is 0 Å². The molecule has 2 aromatic carbocycles. The first kappa shape index (κ1) is 21.2. The largest absolute Gasteiger partial charge is 0.493 e. The van der Waals surface area contributed by atoms with E-state index in [-0.39, 0.29) is 31.0 Å². The van der Waals surface area contributed by atoms with Crippen LogP contribution < -0.4 is 15.2 Å². The molecule has 2 fully saturated rings. The van der Waals surface area contributed by atoms with Crippen LogP contribution in [0.15, 0.2) is 48.5 Å². The van der Waals surface area contributed by atoms with E-state index in [0.29, 0.717) is 18.0 Å². The number of hydrogen-bond donors (Lipinski definition) is 1. The molecule has 2 aromatic rings. The fraction of sp³-hybridized carbons (Fsp3) is 0.417. The Morgan fingerprint density at radius 1 is 1.10 bits per heavy atom. The van der Waals surface area contributed by atoms with Crippen molar-refractivity contribution in [1.82, 2.24) is 10.0 Å². The number of primary amides is 1. The summed E-state index contributed by atoms with van der Waals surface area (Å²) >= 11 is 0. The van der Waals surface area contributed by atoms with Gasteiger partial charge in [0, 0.05) is 13.0 Å². The number of rotatable bonds is 8. The monoisotopic (exact) mass is 423 g/mol. The van der Waals surface area contributed by atoms with Gasteiger partial charge in [-0.1, -0.05) is 36.4 Å². The van der Waals surface area contributed by atoms with Crippen molar-refractivity contribution in [2.75, 3.05) is 13.7 Å². The topological polar surface area (TPSA) is 85.1 Å². The Hall–Kier alpha value is -3.06. The van der Waals surface area contributed by atoms with Crippen LogP contribution in [-0.2, 0) is 16.1 Å². The molecule has 1 heterocycles. The van der Waals surface area contributed by atoms with Gasteiger partial charge in [0.25, 0.3) is 0 Å². The predicted octanol–water partition coefficient (Wildman–Crippen LogP) is 3.19. The van der Waals surface area contributed by atoms with E-state index in [1.54, 1.807) is 7.11 Å². The average Bonchev–Trinajstić information content (AvgIpc) is 3.38. The first-order valence-corrected chi connectivity index (χ1v) is 10.8. The zero-order valence-corrected chi connectivity index (χ0v) is 17.8. The van der Waals surface area contributed by atoms with Crippen molar-refractivity contribution in [2.45, 2.75) is 50.8 Å². The van der Waals surface area contributed by atoms with Gasteiger partial charge in [0.05, 0.1) is 19.3 Å². The number of nitrogens with two attached hydrogens (primary N) is 1. The zero-order valence-electron chi connectivity index (χ0n) is 17.8. The van der Waals surface area contributed by atoms with Gasteiger partial charge in [-0.2, -0.15) is 0 Å². The third-order valence-electron chi connectivity index (χ3n) is 5.99. The average molecular weight is 424 g/mol. The molecule has 1 saturated heterocycles. The number of carbonyl (C=O) groups is 2. The molecular formula is C24H29N3O4. The van der Waals surface area contributed by atoms with Gasteiger partial charge in [-0.25, -0.2) is 5.01 Å². The number of ether oxygens (including phenoxy) is 2. The lowest BCUT2D eigenvalue weighted by atomic mass is 10.0. The van der Waals surface area contributed by atoms with Crippen molar-refractivity contribution >= 4 is 11.8 Å². The Morgan fingerprint density at radius 2 is 1.84 bits per heavy atom. The normalized spacial score (nSPS) is 19.7. The van der Waals surface area contributed by atoms with E-state index in [2.05, 4.69) is 0 Å². The summed E-state index contributed by atoms with van der Waals surface area (Å²) in [7, 11) is 1.63. The molecule has 0 aromatic heterocycles. The standard InChI is InChI=1S/C24H29N3O4/c1-30-21-12-11-18(13-22(21)31-19-9-5-6-10-19)20-14-24(29)27(16-23(25)28)26(20)15-17-7-3-2-4-8-17/h2-4,7-8,11-13,19-20H,5-6,9-10,14-16H2,1H3,(H2,25,28). The van der Waals surface area contributed by atoms with E-state index in [1.807, 2.05) is 53.5 Å². The lowest BCUT2D eigenvalue weighted by Gasteiger charge is -2.32. The molecule has 1 saturated carbocycles. The molecule has 7 nitrogen and oxygen atoms in total. The molecule has 31 heavy (non-hydrogen) atoms. The van der Waals surface area contributed by atoms with Crippen LogP contribution in [0.3, 0.4) is 0 Å². The van der Waals surface area contributed by atoms with E-state index in [0.717, 1.165) is 24.0 Å². The fourth-order valence-corrected chi connectivity index (χ4v) is 4.45. The summed E-state index contributed by atoms with van der Waals surface area (Å²) < 4.78 is 11.8. The molecule has 1 aliphatic carbocycles. The van der Waals surface area contributed by atoms with Crippen molar-refractivity contribution in [3.05, 3.63) is 59.7 Å². The predicted molar refractivity (Wildman–Crippen MR) is 116 cm³/mol. The Morgan fingerprint density at radius 3 is 2.52 bits per heavy atom. The van der Waals surface area contributed by atoms with Crippen LogP contribution in [0.25, 0.3) is 0 Å². The number of carbonyl (C=O) groups excluding carboxylic acids is 2. The molecule has 0 spiro atoms. The minimum Gasteiger partial charge on any atom is -0.493 e. The second-order valence-corrected chi connectivity index (χ2v) is 8.16. The van der Waals surface area contributed by atoms with Gasteiger partial charge < -0.3 is 15.2 Å². The SMILES string of the molecule is COc1ccc(C2CC(=O)N(CC(N)=O)N2Cc2ccccc2)cc1OC1CCCC1. The summed E-state index contributed by atoms with van der Waals surface area (Å²) in [5, 5.41) is 3.41. The summed E-state index contributed by atoms with van der Waals surface area (Å²) in [5.74, 6) is 0.733. The van der Waals surface area contributed by atoms with Crippen LogP contribution in [-0.4, -0.2) is 41.6 Å². The van der Waals surface area contributed by atoms with Crippen molar-refractivity contribution in [3.63, 3.8) is 0 Å². The quantitative estimate of drug-likeness (QED) is 0.705. The molecule has 1 unspecified atom stereocenters. The number of benzene rings is 2. The zero-order chi connectivity index (χ0) is 21.8. The lowest BCUT2D eigenvalue weighted by molar-refractivity contribution is -0.144. The van der Waals surface area contributed by atoms with Gasteiger partial charge in [0.15, 0.2) is 11.5 Å². The maximum atomic E-state index is 12.8. The first-order chi connectivity index (χ1) is 15.0. The fourth-order valence-electron chi connectivity index (χ4n) is 4.45. The molecule has 2 aliphatic rings. The van der Waals surface area contributed by atoms with Crippen molar-refractivity contribution in [2.24, 2.45) is 5.73 Å². The maximum absolute atomic E-state index is 12.8. The summed E-state index contributed by atoms with van der Waals surface area (Å²) in [4.78, 5) is 24.4. The Bertz CT molecular complexity index is 928. The van der Waals surface area contributed by atoms with Gasteiger partial charge in [0.2, 0.25) is 11.8 Å². The first-order valence-electron chi connectivity index (χ1n) is 10.8. The Kier molecular flexibility index (Phi) is 6.42. The summed E-state index contributed by atoms with van der Waals surface area (Å²) in [5.41, 5.74) is 7.43. The Labute approximate surface area is 182 Å². The molecule has 2 amide bonds. The van der Waals surface area contributed by atoms with E-state index in [1.165, 1.54) is 17.9 Å². The molecule has 0 bridgehead atoms. The lowest BCUT2D eigenvalue weighted by Crippen LogP contribution is -2.44. The highest BCUT2D eigenvalue weighted by molar-refractivity contribution is 5.85. The molecule has 7 heteroatoms. The van der Waals surface area contributed by atoms with E-state index in [4.69, 9.17) is 15.2 Å². The van der Waals surface area contributed by atoms with E-state index >= 15 is 0 Å². The van der Waals surface area contributed by atoms with E-state index in [9.17, 15) is 9.59 Å². The van der Waals surface area contributed by atoms with Crippen molar-refractivity contribution in [3.8, 4) is 11.5 Å². The third kappa shape index (κ3) is 4.82. The van der Waals surface area contributed by atoms with Gasteiger partial charge in [-0.05, 0) is 48.9 Å². The van der Waals surface area contributed by atoms with Gasteiger partial charge in [-0.3, -0.25) is 14.6 Å². The highest BCUT2D eigenvalue weighted by Crippen LogP contribution is 2.39. The molecule has 164 valence electrons. The molecular weight excluding hydrogens is 394 g/mol. The minimum atomic E-state index is -0.535. The van der Waals surface area contributed by atoms with Crippen LogP contribution in [0.2, 0.25) is 0 Å². The second-order valence-electron chi connectivity index (χ2n) is 8.16. The van der Waals surface area contributed by atoms with E-state index < -0.39 is 5.91 Å². The number of amides is 2. The maximum Gasteiger partial charge on any atom is 0.239 e. The number of methoxy groups -OCH3 is 1. The molecule has 2 N–H and O–H groups in total. The van der Waals surface area contributed by atoms with Crippen molar-refractivity contribution in [1.29, 1.82) is 0 Å². The van der Waals surface area contributed by atoms with Crippen LogP contribution in [0, 0.1) is 0 Å². The number of hydrazine groups is 1. The highest BCUT2D eigenvalue weighted by atomic mass is 16.5. The summed E-state index contributed by atoms with van der Waals surface area (Å²) in [6.45, 7) is 0.360. The van der Waals surface area contributed by atoms with Gasteiger partial charge in [0.1, 0.15) is 6.54 Å². The number of hydrogen-bond acceptors (Lipinski definition) is 5. The Balaban J connectivity index is 1.64. The molecule has 1 atom stereocenters. The smallest absolute Gasteiger partial charge is 0.239 e. The minimum absolute atomic E-state index is 0.117. The third-order valence-corrected chi connectivity index (χ3v) is 5.99. The van der Waals surface area contributed by atoms with Crippen LogP contribution in [0.5, 0.6) is 11.5 Å². The van der Waals surface area contributed by atoms with Crippen LogP contribution >= 0.6 is 0 Å². The van der Waals surface area contributed by atoms with Crippen LogP contribution in [0.1, 0.15) is 49.3 Å². The molecule has 0 radical (unpaired) electrons. The molecule has 1 aliphatic heterocycles. The van der Waals surface area contributed by atoms with Gasteiger partial charge in [-0.15, -0.1) is 0 Å². The van der Waals surface area contributed by atoms with Gasteiger partial charge >= 0.3 is 0 Å². The summed E-state index contributed by atoms with van der Waals surface area (Å²) in [6, 6.07) is 15.5. The van der Waals surface area contributed by atoms with Crippen molar-refractivity contribution < 1.29 is 19.1 Å². The number of nitrogens with zero attached hydrogens (tertiary/aromatic N) is 2. The highest BCUT2D eigenvalue weighted by Gasteiger charge is 2.39. The molecule has 4 rings (SSSR count). The second kappa shape index (κ2) is 9.39. The summed E-state index contributed by atoms with van der Waals surface area (Å²) in [6.07, 6.45) is 4.91.